The predicted octanol–water partition coefficient (Wildman–Crippen LogP) is 4.14. The van der Waals surface area contributed by atoms with E-state index in [1.165, 1.54) is 23.2 Å². The fourth-order valence-corrected chi connectivity index (χ4v) is 4.15. The molecule has 0 saturated heterocycles. The molecule has 0 spiro atoms. The van der Waals surface area contributed by atoms with E-state index in [4.69, 9.17) is 11.6 Å². The van der Waals surface area contributed by atoms with Crippen LogP contribution in [0.25, 0.3) is 22.8 Å². The molecule has 3 N–H and O–H groups in total. The molecule has 3 aromatic carbocycles. The van der Waals surface area contributed by atoms with Crippen LogP contribution in [0.3, 0.4) is 0 Å². The first-order valence-electron chi connectivity index (χ1n) is 11.4. The molecular formula is C26H19ClFN7O3. The van der Waals surface area contributed by atoms with Gasteiger partial charge >= 0.3 is 5.97 Å². The lowest BCUT2D eigenvalue weighted by molar-refractivity contribution is -0.117. The number of carboxylic acids is 1. The Morgan fingerprint density at radius 3 is 2.71 bits per heavy atom. The number of tetrazole rings is 1. The van der Waals surface area contributed by atoms with Crippen molar-refractivity contribution in [3.63, 3.8) is 0 Å². The van der Waals surface area contributed by atoms with Gasteiger partial charge in [0.15, 0.2) is 5.82 Å². The number of hydrogen-bond acceptors (Lipinski definition) is 6. The highest BCUT2D eigenvalue weighted by Gasteiger charge is 2.21. The second-order valence-electron chi connectivity index (χ2n) is 8.32. The molecule has 0 bridgehead atoms. The molecule has 1 unspecified atom stereocenters. The summed E-state index contributed by atoms with van der Waals surface area (Å²) in [5.41, 5.74) is 2.11. The van der Waals surface area contributed by atoms with Crippen LogP contribution in [-0.4, -0.2) is 47.2 Å². The van der Waals surface area contributed by atoms with Crippen LogP contribution in [0.1, 0.15) is 33.4 Å². The minimum Gasteiger partial charge on any atom is -0.478 e. The Hall–Kier alpha value is -4.90. The average Bonchev–Trinajstić information content (AvgIpc) is 3.58. The Morgan fingerprint density at radius 1 is 1.16 bits per heavy atom. The number of aromatic nitrogens is 6. The summed E-state index contributed by atoms with van der Waals surface area (Å²) in [4.78, 5) is 31.7. The highest BCUT2D eigenvalue weighted by atomic mass is 35.5. The lowest BCUT2D eigenvalue weighted by Crippen LogP contribution is -2.29. The summed E-state index contributed by atoms with van der Waals surface area (Å²) in [7, 11) is 0. The molecule has 1 amide bonds. The van der Waals surface area contributed by atoms with E-state index in [2.05, 4.69) is 30.8 Å². The minimum atomic E-state index is -1.26. The number of carbonyl (C=O) groups is 2. The second kappa shape index (κ2) is 10.6. The van der Waals surface area contributed by atoms with Gasteiger partial charge in [0.25, 0.3) is 0 Å². The second-order valence-corrected chi connectivity index (χ2v) is 8.76. The average molecular weight is 532 g/mol. The maximum atomic E-state index is 14.6. The van der Waals surface area contributed by atoms with Gasteiger partial charge in [0.05, 0.1) is 22.8 Å². The molecule has 10 nitrogen and oxygen atoms in total. The third-order valence-electron chi connectivity index (χ3n) is 5.73. The standard InChI is InChI=1S/C26H19ClFN7O3/c27-18-7-8-22(35-14-29-33-34-35)16(11-18)6-9-23(36)30-21(10-15-4-2-1-3-5-15)25-31-20-13-17(26(37)38)12-19(28)24(20)32-25/h1-9,11-14,21H,10H2,(H,30,36)(H,31,32)(H,37,38)/b9-6+. The summed E-state index contributed by atoms with van der Waals surface area (Å²) in [6.07, 6.45) is 4.69. The van der Waals surface area contributed by atoms with E-state index >= 15 is 0 Å². The zero-order chi connectivity index (χ0) is 26.6. The van der Waals surface area contributed by atoms with Crippen molar-refractivity contribution < 1.29 is 19.1 Å². The van der Waals surface area contributed by atoms with E-state index in [0.717, 1.165) is 11.6 Å². The number of carbonyl (C=O) groups excluding carboxylic acids is 1. The molecule has 0 aliphatic rings. The van der Waals surface area contributed by atoms with Crippen molar-refractivity contribution in [3.8, 4) is 5.69 Å². The van der Waals surface area contributed by atoms with E-state index in [0.29, 0.717) is 22.7 Å². The lowest BCUT2D eigenvalue weighted by atomic mass is 10.1. The van der Waals surface area contributed by atoms with Crippen molar-refractivity contribution >= 4 is 40.6 Å². The highest BCUT2D eigenvalue weighted by Crippen LogP contribution is 2.24. The molecule has 0 aliphatic heterocycles. The number of H-pyrrole nitrogens is 1. The molecule has 2 heterocycles. The highest BCUT2D eigenvalue weighted by molar-refractivity contribution is 6.30. The lowest BCUT2D eigenvalue weighted by Gasteiger charge is -2.16. The fraction of sp³-hybridized carbons (Fsp3) is 0.0769. The number of fused-ring (bicyclic) bond motifs is 1. The van der Waals surface area contributed by atoms with Crippen molar-refractivity contribution in [2.75, 3.05) is 0 Å². The van der Waals surface area contributed by atoms with Crippen LogP contribution in [0.15, 0.2) is 73.1 Å². The van der Waals surface area contributed by atoms with Crippen molar-refractivity contribution in [1.29, 1.82) is 0 Å². The fourth-order valence-electron chi connectivity index (χ4n) is 3.97. The normalized spacial score (nSPS) is 12.2. The van der Waals surface area contributed by atoms with E-state index < -0.39 is 23.7 Å². The summed E-state index contributed by atoms with van der Waals surface area (Å²) >= 11 is 6.16. The quantitative estimate of drug-likeness (QED) is 0.256. The number of aromatic amines is 1. The zero-order valence-corrected chi connectivity index (χ0v) is 20.3. The molecule has 12 heteroatoms. The van der Waals surface area contributed by atoms with Gasteiger partial charge in [0, 0.05) is 16.7 Å². The van der Waals surface area contributed by atoms with Gasteiger partial charge in [-0.05, 0) is 58.8 Å². The number of imidazole rings is 1. The van der Waals surface area contributed by atoms with Crippen molar-refractivity contribution in [2.45, 2.75) is 12.5 Å². The largest absolute Gasteiger partial charge is 0.478 e. The van der Waals surface area contributed by atoms with E-state index in [1.807, 2.05) is 30.3 Å². The first-order valence-corrected chi connectivity index (χ1v) is 11.7. The van der Waals surface area contributed by atoms with Crippen LogP contribution >= 0.6 is 11.6 Å². The Morgan fingerprint density at radius 2 is 1.97 bits per heavy atom. The smallest absolute Gasteiger partial charge is 0.335 e. The van der Waals surface area contributed by atoms with Crippen LogP contribution in [0, 0.1) is 5.82 Å². The van der Waals surface area contributed by atoms with Gasteiger partial charge in [0.2, 0.25) is 5.91 Å². The molecule has 5 rings (SSSR count). The monoisotopic (exact) mass is 531 g/mol. The molecule has 5 aromatic rings. The SMILES string of the molecule is O=C(/C=C/c1cc(Cl)ccc1-n1cnnn1)NC(Cc1ccccc1)c1nc2c(F)cc(C(=O)O)cc2[nH]1. The zero-order valence-electron chi connectivity index (χ0n) is 19.5. The first-order chi connectivity index (χ1) is 18.4. The van der Waals surface area contributed by atoms with Gasteiger partial charge in [-0.1, -0.05) is 41.9 Å². The van der Waals surface area contributed by atoms with E-state index in [-0.39, 0.29) is 22.4 Å². The number of benzene rings is 3. The van der Waals surface area contributed by atoms with E-state index in [1.54, 1.807) is 24.3 Å². The summed E-state index contributed by atoms with van der Waals surface area (Å²) in [6.45, 7) is 0. The molecule has 38 heavy (non-hydrogen) atoms. The molecule has 1 atom stereocenters. The molecule has 2 aromatic heterocycles. The molecule has 0 aliphatic carbocycles. The van der Waals surface area contributed by atoms with Gasteiger partial charge in [0.1, 0.15) is 17.7 Å². The summed E-state index contributed by atoms with van der Waals surface area (Å²) in [5, 5.41) is 23.8. The number of nitrogens with zero attached hydrogens (tertiary/aromatic N) is 5. The van der Waals surface area contributed by atoms with Gasteiger partial charge < -0.3 is 15.4 Å². The first kappa shape index (κ1) is 24.8. The summed E-state index contributed by atoms with van der Waals surface area (Å²) in [6, 6.07) is 16.0. The molecule has 0 saturated carbocycles. The number of carboxylic acid groups (broad SMARTS) is 1. The topological polar surface area (TPSA) is 139 Å². The third kappa shape index (κ3) is 5.42. The number of nitrogens with one attached hydrogen (secondary N) is 2. The van der Waals surface area contributed by atoms with Gasteiger partial charge in [-0.2, -0.15) is 4.68 Å². The van der Waals surface area contributed by atoms with Crippen LogP contribution in [0.5, 0.6) is 0 Å². The molecular weight excluding hydrogens is 513 g/mol. The van der Waals surface area contributed by atoms with Crippen LogP contribution in [-0.2, 0) is 11.2 Å². The predicted molar refractivity (Wildman–Crippen MR) is 137 cm³/mol. The van der Waals surface area contributed by atoms with Crippen molar-refractivity contribution in [2.24, 2.45) is 0 Å². The number of halogens is 2. The Labute approximate surface area is 219 Å². The Bertz CT molecular complexity index is 1650. The van der Waals surface area contributed by atoms with Crippen LogP contribution in [0.2, 0.25) is 5.02 Å². The number of hydrogen-bond donors (Lipinski definition) is 3. The Kier molecular flexibility index (Phi) is 6.92. The summed E-state index contributed by atoms with van der Waals surface area (Å²) in [5.74, 6) is -2.20. The van der Waals surface area contributed by atoms with Crippen LogP contribution in [0.4, 0.5) is 4.39 Å². The molecule has 0 radical (unpaired) electrons. The molecule has 190 valence electrons. The summed E-state index contributed by atoms with van der Waals surface area (Å²) < 4.78 is 16.0. The van der Waals surface area contributed by atoms with Crippen LogP contribution < -0.4 is 5.32 Å². The number of aromatic carboxylic acids is 1. The molecule has 0 fully saturated rings. The van der Waals surface area contributed by atoms with Crippen molar-refractivity contribution in [3.05, 3.63) is 106 Å². The number of amides is 1. The maximum absolute atomic E-state index is 14.6. The van der Waals surface area contributed by atoms with Gasteiger partial charge in [-0.3, -0.25) is 4.79 Å². The van der Waals surface area contributed by atoms with Gasteiger partial charge in [-0.25, -0.2) is 14.2 Å². The third-order valence-corrected chi connectivity index (χ3v) is 5.97. The maximum Gasteiger partial charge on any atom is 0.335 e. The van der Waals surface area contributed by atoms with E-state index in [9.17, 15) is 19.1 Å². The van der Waals surface area contributed by atoms with Crippen molar-refractivity contribution in [1.82, 2.24) is 35.5 Å². The minimum absolute atomic E-state index is 0.0159. The Balaban J connectivity index is 1.45. The number of rotatable bonds is 8. The van der Waals surface area contributed by atoms with Gasteiger partial charge in [-0.15, -0.1) is 5.10 Å².